The normalized spacial score (nSPS) is 20.6. The first-order valence-corrected chi connectivity index (χ1v) is 14.9. The molecule has 2 aliphatic rings. The maximum absolute atomic E-state index is 9.28. The maximum Gasteiger partial charge on any atom is 0.0834 e. The van der Waals surface area contributed by atoms with Crippen molar-refractivity contribution in [3.63, 3.8) is 0 Å². The number of benzene rings is 2. The van der Waals surface area contributed by atoms with E-state index in [0.29, 0.717) is 11.6 Å². The number of hydrogen-bond acceptors (Lipinski definition) is 4. The number of hydrazine groups is 1. The molecule has 2 aromatic carbocycles. The molecule has 0 aromatic heterocycles. The van der Waals surface area contributed by atoms with E-state index >= 15 is 0 Å². The van der Waals surface area contributed by atoms with Crippen LogP contribution in [0.25, 0.3) is 16.7 Å². The van der Waals surface area contributed by atoms with E-state index in [9.17, 15) is 5.41 Å². The molecule has 3 N–H and O–H groups in total. The Labute approximate surface area is 257 Å². The highest BCUT2D eigenvalue weighted by atomic mass is 15.4. The molecular weight excluding hydrogens is 524 g/mol. The standard InChI is InChI=1S/C39H44N4/c1-27(2)9-7-11-29(4)31-13-19-34(20-14-31)37-22-21-36(26-38(39(37)40)43-42-30(5)23-24-41-6)33-17-15-32(16-18-33)35-12-8-10-28(3)25-35/h7-9,11-26,28,37-38,40,42-43H,4,10H2,1-3,5-6H3/b11-7-,30-23+,40-39?,41-24?. The minimum atomic E-state index is -0.330. The summed E-state index contributed by atoms with van der Waals surface area (Å²) in [7, 11) is 1.75. The van der Waals surface area contributed by atoms with Gasteiger partial charge in [0, 0.05) is 30.6 Å². The molecule has 4 heteroatoms. The fraction of sp³-hybridized carbons (Fsp3) is 0.231. The Bertz CT molecular complexity index is 1550. The molecule has 0 fully saturated rings. The average Bonchev–Trinajstić information content (AvgIpc) is 3.17. The summed E-state index contributed by atoms with van der Waals surface area (Å²) in [6.07, 6.45) is 24.1. The van der Waals surface area contributed by atoms with Gasteiger partial charge in [-0.3, -0.25) is 4.99 Å². The molecule has 0 saturated heterocycles. The van der Waals surface area contributed by atoms with E-state index in [1.165, 1.54) is 16.7 Å². The van der Waals surface area contributed by atoms with Gasteiger partial charge >= 0.3 is 0 Å². The van der Waals surface area contributed by atoms with Crippen LogP contribution in [0, 0.1) is 11.3 Å². The van der Waals surface area contributed by atoms with Gasteiger partial charge in [0.2, 0.25) is 0 Å². The Hall–Kier alpha value is -4.54. The molecule has 2 aromatic rings. The molecule has 43 heavy (non-hydrogen) atoms. The average molecular weight is 569 g/mol. The third-order valence-corrected chi connectivity index (χ3v) is 7.57. The second kappa shape index (κ2) is 15.1. The molecular formula is C39H44N4. The fourth-order valence-electron chi connectivity index (χ4n) is 5.09. The number of aliphatic imine (C=N–C) groups is 1. The van der Waals surface area contributed by atoms with E-state index in [1.807, 2.05) is 25.2 Å². The zero-order chi connectivity index (χ0) is 30.8. The van der Waals surface area contributed by atoms with Gasteiger partial charge in [-0.25, -0.2) is 5.43 Å². The minimum Gasteiger partial charge on any atom is -0.325 e. The van der Waals surface area contributed by atoms with Crippen LogP contribution < -0.4 is 10.9 Å². The summed E-state index contributed by atoms with van der Waals surface area (Å²) in [5, 5.41) is 9.28. The van der Waals surface area contributed by atoms with E-state index < -0.39 is 0 Å². The van der Waals surface area contributed by atoms with Gasteiger partial charge in [-0.2, -0.15) is 0 Å². The predicted octanol–water partition coefficient (Wildman–Crippen LogP) is 9.03. The highest BCUT2D eigenvalue weighted by molar-refractivity contribution is 5.99. The van der Waals surface area contributed by atoms with Gasteiger partial charge in [0.25, 0.3) is 0 Å². The molecule has 2 aliphatic carbocycles. The Balaban J connectivity index is 1.62. The molecule has 0 amide bonds. The highest BCUT2D eigenvalue weighted by Crippen LogP contribution is 2.31. The Morgan fingerprint density at radius 1 is 0.930 bits per heavy atom. The summed E-state index contributed by atoms with van der Waals surface area (Å²) in [6, 6.07) is 16.8. The fourth-order valence-corrected chi connectivity index (χ4v) is 5.09. The van der Waals surface area contributed by atoms with Gasteiger partial charge in [0.05, 0.1) is 6.04 Å². The van der Waals surface area contributed by atoms with Gasteiger partial charge in [-0.05, 0) is 78.2 Å². The van der Waals surface area contributed by atoms with Crippen molar-refractivity contribution in [1.29, 1.82) is 5.41 Å². The molecule has 3 unspecified atom stereocenters. The summed E-state index contributed by atoms with van der Waals surface area (Å²) < 4.78 is 0. The molecule has 0 heterocycles. The van der Waals surface area contributed by atoms with Crippen LogP contribution in [0.5, 0.6) is 0 Å². The number of nitrogens with one attached hydrogen (secondary N) is 3. The summed E-state index contributed by atoms with van der Waals surface area (Å²) in [4.78, 5) is 4.04. The van der Waals surface area contributed by atoms with E-state index in [2.05, 4.69) is 134 Å². The molecule has 3 atom stereocenters. The van der Waals surface area contributed by atoms with Crippen LogP contribution in [0.1, 0.15) is 62.3 Å². The first-order valence-electron chi connectivity index (χ1n) is 14.9. The lowest BCUT2D eigenvalue weighted by Crippen LogP contribution is -2.44. The summed E-state index contributed by atoms with van der Waals surface area (Å²) in [5.41, 5.74) is 17.2. The van der Waals surface area contributed by atoms with Gasteiger partial charge in [0.15, 0.2) is 0 Å². The first-order chi connectivity index (χ1) is 20.7. The second-order valence-electron chi connectivity index (χ2n) is 11.5. The molecule has 220 valence electrons. The summed E-state index contributed by atoms with van der Waals surface area (Å²) in [6.45, 7) is 12.6. The summed E-state index contributed by atoms with van der Waals surface area (Å²) >= 11 is 0. The number of hydrogen-bond donors (Lipinski definition) is 3. The van der Waals surface area contributed by atoms with Crippen LogP contribution >= 0.6 is 0 Å². The zero-order valence-corrected chi connectivity index (χ0v) is 26.1. The van der Waals surface area contributed by atoms with Gasteiger partial charge < -0.3 is 10.8 Å². The smallest absolute Gasteiger partial charge is 0.0834 e. The van der Waals surface area contributed by atoms with Crippen LogP contribution in [0.4, 0.5) is 0 Å². The molecule has 4 rings (SSSR count). The third-order valence-electron chi connectivity index (χ3n) is 7.57. The molecule has 0 radical (unpaired) electrons. The van der Waals surface area contributed by atoms with Crippen molar-refractivity contribution in [2.75, 3.05) is 7.05 Å². The van der Waals surface area contributed by atoms with E-state index in [4.69, 9.17) is 0 Å². The Morgan fingerprint density at radius 2 is 1.60 bits per heavy atom. The Kier molecular flexibility index (Phi) is 11.0. The van der Waals surface area contributed by atoms with Gasteiger partial charge in [-0.1, -0.05) is 122 Å². The molecule has 4 nitrogen and oxygen atoms in total. The monoisotopic (exact) mass is 568 g/mol. The van der Waals surface area contributed by atoms with Crippen molar-refractivity contribution in [3.8, 4) is 0 Å². The van der Waals surface area contributed by atoms with Gasteiger partial charge in [0.1, 0.15) is 0 Å². The maximum atomic E-state index is 9.28. The van der Waals surface area contributed by atoms with Gasteiger partial charge in [-0.15, -0.1) is 0 Å². The number of allylic oxidation sites excluding steroid dienone is 14. The van der Waals surface area contributed by atoms with Crippen LogP contribution in [0.15, 0.2) is 132 Å². The molecule has 0 bridgehead atoms. The van der Waals surface area contributed by atoms with E-state index in [0.717, 1.165) is 40.0 Å². The van der Waals surface area contributed by atoms with Crippen LogP contribution in [-0.2, 0) is 0 Å². The zero-order valence-electron chi connectivity index (χ0n) is 26.1. The first kappa shape index (κ1) is 31.4. The van der Waals surface area contributed by atoms with Crippen molar-refractivity contribution >= 4 is 28.6 Å². The van der Waals surface area contributed by atoms with Crippen LogP contribution in [0.3, 0.4) is 0 Å². The van der Waals surface area contributed by atoms with Crippen molar-refractivity contribution < 1.29 is 0 Å². The van der Waals surface area contributed by atoms with Crippen molar-refractivity contribution in [2.24, 2.45) is 10.9 Å². The SMILES string of the molecule is C=C(/C=C\C=C(C)C)c1ccc(C2C=CC(c3ccc(C4=CC(C)CC=C4)cc3)=CC(NN/C(C)=C/C=NC)C2=N)cc1. The third kappa shape index (κ3) is 8.73. The lowest BCUT2D eigenvalue weighted by Gasteiger charge is -2.22. The van der Waals surface area contributed by atoms with Crippen molar-refractivity contribution in [1.82, 2.24) is 10.9 Å². The minimum absolute atomic E-state index is 0.184. The van der Waals surface area contributed by atoms with Crippen molar-refractivity contribution in [3.05, 3.63) is 149 Å². The van der Waals surface area contributed by atoms with Crippen LogP contribution in [-0.4, -0.2) is 25.0 Å². The largest absolute Gasteiger partial charge is 0.325 e. The topological polar surface area (TPSA) is 60.3 Å². The lowest BCUT2D eigenvalue weighted by molar-refractivity contribution is 0.597. The Morgan fingerprint density at radius 3 is 2.23 bits per heavy atom. The highest BCUT2D eigenvalue weighted by Gasteiger charge is 2.25. The number of rotatable bonds is 10. The van der Waals surface area contributed by atoms with Crippen LogP contribution in [0.2, 0.25) is 0 Å². The van der Waals surface area contributed by atoms with E-state index in [1.54, 1.807) is 13.3 Å². The lowest BCUT2D eigenvalue weighted by atomic mass is 9.89. The van der Waals surface area contributed by atoms with E-state index in [-0.39, 0.29) is 12.0 Å². The molecule has 0 spiro atoms. The molecule has 0 saturated carbocycles. The number of nitrogens with zero attached hydrogens (tertiary/aromatic N) is 1. The quantitative estimate of drug-likeness (QED) is 0.152. The molecule has 0 aliphatic heterocycles. The summed E-state index contributed by atoms with van der Waals surface area (Å²) in [5.74, 6) is 0.373. The second-order valence-corrected chi connectivity index (χ2v) is 11.5. The predicted molar refractivity (Wildman–Crippen MR) is 187 cm³/mol. The van der Waals surface area contributed by atoms with Crippen molar-refractivity contribution in [2.45, 2.75) is 46.1 Å².